The Hall–Kier alpha value is -0.0800. The van der Waals surface area contributed by atoms with E-state index < -0.39 is 0 Å². The van der Waals surface area contributed by atoms with Crippen molar-refractivity contribution < 1.29 is 5.11 Å². The van der Waals surface area contributed by atoms with Crippen molar-refractivity contribution in [3.8, 4) is 0 Å². The molecule has 0 saturated heterocycles. The zero-order chi connectivity index (χ0) is 9.03. The maximum absolute atomic E-state index is 9.18. The molecular weight excluding hydrogens is 150 g/mol. The molecule has 72 valence electrons. The lowest BCUT2D eigenvalue weighted by atomic mass is 9.98. The summed E-state index contributed by atoms with van der Waals surface area (Å²) in [6, 6.07) is 0.655. The number of aliphatic hydroxyl groups excluding tert-OH is 1. The molecule has 1 fully saturated rings. The summed E-state index contributed by atoms with van der Waals surface area (Å²) in [6.07, 6.45) is 6.27. The van der Waals surface area contributed by atoms with Gasteiger partial charge in [0.2, 0.25) is 0 Å². The van der Waals surface area contributed by atoms with Crippen LogP contribution in [-0.2, 0) is 0 Å². The van der Waals surface area contributed by atoms with Crippen molar-refractivity contribution in [1.82, 2.24) is 5.32 Å². The lowest BCUT2D eigenvalue weighted by molar-refractivity contribution is 0.157. The van der Waals surface area contributed by atoms with E-state index in [1.807, 2.05) is 0 Å². The van der Waals surface area contributed by atoms with Crippen molar-refractivity contribution in [2.24, 2.45) is 0 Å². The van der Waals surface area contributed by atoms with Crippen molar-refractivity contribution in [2.45, 2.75) is 57.5 Å². The van der Waals surface area contributed by atoms with Gasteiger partial charge in [-0.2, -0.15) is 0 Å². The van der Waals surface area contributed by atoms with Gasteiger partial charge in [-0.05, 0) is 26.2 Å². The third-order valence-corrected chi connectivity index (χ3v) is 3.04. The van der Waals surface area contributed by atoms with Gasteiger partial charge in [0.15, 0.2) is 0 Å². The molecule has 1 atom stereocenters. The smallest absolute Gasteiger partial charge is 0.0610 e. The molecule has 0 amide bonds. The molecule has 0 aromatic rings. The normalized spacial score (nSPS) is 24.2. The Balaban J connectivity index is 2.35. The van der Waals surface area contributed by atoms with Crippen molar-refractivity contribution in [1.29, 1.82) is 0 Å². The van der Waals surface area contributed by atoms with Crippen molar-refractivity contribution >= 4 is 0 Å². The van der Waals surface area contributed by atoms with Gasteiger partial charge < -0.3 is 10.4 Å². The maximum atomic E-state index is 9.18. The van der Waals surface area contributed by atoms with E-state index in [0.29, 0.717) is 6.04 Å². The van der Waals surface area contributed by atoms with E-state index in [4.69, 9.17) is 0 Å². The molecule has 0 bridgehead atoms. The molecular formula is C10H21NO. The molecule has 0 aliphatic heterocycles. The summed E-state index contributed by atoms with van der Waals surface area (Å²) >= 11 is 0. The van der Waals surface area contributed by atoms with Gasteiger partial charge in [-0.15, -0.1) is 0 Å². The Morgan fingerprint density at radius 3 is 2.42 bits per heavy atom. The van der Waals surface area contributed by atoms with E-state index in [9.17, 15) is 5.11 Å². The second-order valence-corrected chi connectivity index (χ2v) is 4.20. The predicted molar refractivity (Wildman–Crippen MR) is 51.2 cm³/mol. The van der Waals surface area contributed by atoms with Crippen LogP contribution in [0.2, 0.25) is 0 Å². The zero-order valence-electron chi connectivity index (χ0n) is 8.27. The van der Waals surface area contributed by atoms with Gasteiger partial charge in [0, 0.05) is 11.6 Å². The highest BCUT2D eigenvalue weighted by molar-refractivity contribution is 4.86. The lowest BCUT2D eigenvalue weighted by Gasteiger charge is -2.31. The summed E-state index contributed by atoms with van der Waals surface area (Å²) in [6.45, 7) is 4.48. The molecule has 0 spiro atoms. The summed E-state index contributed by atoms with van der Waals surface area (Å²) in [5.41, 5.74) is -0.0466. The minimum atomic E-state index is -0.0466. The van der Waals surface area contributed by atoms with Gasteiger partial charge in [-0.3, -0.25) is 0 Å². The minimum absolute atomic E-state index is 0.0466. The second-order valence-electron chi connectivity index (χ2n) is 4.20. The molecule has 0 aromatic heterocycles. The number of nitrogens with one attached hydrogen (secondary N) is 1. The van der Waals surface area contributed by atoms with Crippen LogP contribution in [0.4, 0.5) is 0 Å². The number of hydrogen-bond acceptors (Lipinski definition) is 2. The van der Waals surface area contributed by atoms with Crippen LogP contribution in [0.25, 0.3) is 0 Å². The second kappa shape index (κ2) is 4.24. The molecule has 0 heterocycles. The SMILES string of the molecule is CCC(C)(CO)NC1CCCC1. The number of hydrogen-bond donors (Lipinski definition) is 2. The highest BCUT2D eigenvalue weighted by Gasteiger charge is 2.26. The first kappa shape index (κ1) is 10.0. The van der Waals surface area contributed by atoms with E-state index in [1.54, 1.807) is 0 Å². The monoisotopic (exact) mass is 171 g/mol. The van der Waals surface area contributed by atoms with Gasteiger partial charge in [0.1, 0.15) is 0 Å². The van der Waals surface area contributed by atoms with Gasteiger partial charge >= 0.3 is 0 Å². The molecule has 2 N–H and O–H groups in total. The van der Waals surface area contributed by atoms with E-state index in [1.165, 1.54) is 25.7 Å². The fourth-order valence-electron chi connectivity index (χ4n) is 1.82. The van der Waals surface area contributed by atoms with Gasteiger partial charge in [0.05, 0.1) is 6.61 Å². The Bertz CT molecular complexity index is 126. The van der Waals surface area contributed by atoms with Gasteiger partial charge in [-0.1, -0.05) is 19.8 Å². The molecule has 1 saturated carbocycles. The molecule has 2 nitrogen and oxygen atoms in total. The largest absolute Gasteiger partial charge is 0.394 e. The number of rotatable bonds is 4. The van der Waals surface area contributed by atoms with Crippen molar-refractivity contribution in [3.05, 3.63) is 0 Å². The maximum Gasteiger partial charge on any atom is 0.0610 e. The molecule has 1 aliphatic carbocycles. The minimum Gasteiger partial charge on any atom is -0.394 e. The first-order valence-electron chi connectivity index (χ1n) is 5.09. The van der Waals surface area contributed by atoms with Gasteiger partial charge in [-0.25, -0.2) is 0 Å². The van der Waals surface area contributed by atoms with Gasteiger partial charge in [0.25, 0.3) is 0 Å². The third kappa shape index (κ3) is 2.46. The van der Waals surface area contributed by atoms with Crippen LogP contribution in [0.15, 0.2) is 0 Å². The van der Waals surface area contributed by atoms with E-state index in [0.717, 1.165) is 6.42 Å². The number of aliphatic hydroxyl groups is 1. The van der Waals surface area contributed by atoms with Crippen molar-refractivity contribution in [3.63, 3.8) is 0 Å². The average Bonchev–Trinajstić information content (AvgIpc) is 2.57. The Labute approximate surface area is 75.4 Å². The van der Waals surface area contributed by atoms with Crippen LogP contribution < -0.4 is 5.32 Å². The Morgan fingerprint density at radius 1 is 1.42 bits per heavy atom. The fourth-order valence-corrected chi connectivity index (χ4v) is 1.82. The molecule has 1 aliphatic rings. The van der Waals surface area contributed by atoms with Crippen LogP contribution in [0.1, 0.15) is 46.0 Å². The van der Waals surface area contributed by atoms with E-state index in [2.05, 4.69) is 19.2 Å². The quantitative estimate of drug-likeness (QED) is 0.674. The first-order chi connectivity index (χ1) is 5.70. The predicted octanol–water partition coefficient (Wildman–Crippen LogP) is 1.68. The molecule has 2 heteroatoms. The summed E-state index contributed by atoms with van der Waals surface area (Å²) in [7, 11) is 0. The molecule has 12 heavy (non-hydrogen) atoms. The summed E-state index contributed by atoms with van der Waals surface area (Å²) in [4.78, 5) is 0. The first-order valence-corrected chi connectivity index (χ1v) is 5.09. The zero-order valence-corrected chi connectivity index (χ0v) is 8.27. The molecule has 1 unspecified atom stereocenters. The highest BCUT2D eigenvalue weighted by atomic mass is 16.3. The summed E-state index contributed by atoms with van der Waals surface area (Å²) in [5, 5.41) is 12.7. The fraction of sp³-hybridized carbons (Fsp3) is 1.00. The van der Waals surface area contributed by atoms with Crippen LogP contribution in [0.5, 0.6) is 0 Å². The highest BCUT2D eigenvalue weighted by Crippen LogP contribution is 2.21. The van der Waals surface area contributed by atoms with Crippen molar-refractivity contribution in [2.75, 3.05) is 6.61 Å². The topological polar surface area (TPSA) is 32.3 Å². The molecule has 0 radical (unpaired) electrons. The van der Waals surface area contributed by atoms with Crippen LogP contribution in [-0.4, -0.2) is 23.3 Å². The third-order valence-electron chi connectivity index (χ3n) is 3.04. The Kier molecular flexibility index (Phi) is 3.53. The van der Waals surface area contributed by atoms with Crippen LogP contribution >= 0.6 is 0 Å². The summed E-state index contributed by atoms with van der Waals surface area (Å²) in [5.74, 6) is 0. The molecule has 1 rings (SSSR count). The Morgan fingerprint density at radius 2 is 2.00 bits per heavy atom. The summed E-state index contributed by atoms with van der Waals surface area (Å²) < 4.78 is 0. The molecule has 0 aromatic carbocycles. The van der Waals surface area contributed by atoms with E-state index in [-0.39, 0.29) is 12.1 Å². The average molecular weight is 171 g/mol. The van der Waals surface area contributed by atoms with Crippen LogP contribution in [0.3, 0.4) is 0 Å². The van der Waals surface area contributed by atoms with E-state index >= 15 is 0 Å². The lowest BCUT2D eigenvalue weighted by Crippen LogP contribution is -2.49. The van der Waals surface area contributed by atoms with Crippen LogP contribution in [0, 0.1) is 0 Å². The standard InChI is InChI=1S/C10H21NO/c1-3-10(2,8-12)11-9-6-4-5-7-9/h9,11-12H,3-8H2,1-2H3.